The van der Waals surface area contributed by atoms with Crippen molar-refractivity contribution in [3.63, 3.8) is 0 Å². The van der Waals surface area contributed by atoms with Gasteiger partial charge in [-0.25, -0.2) is 0 Å². The smallest absolute Gasteiger partial charge is 0.294 e. The van der Waals surface area contributed by atoms with Gasteiger partial charge in [-0.1, -0.05) is 40.9 Å². The number of amides is 3. The second kappa shape index (κ2) is 8.67. The fourth-order valence-corrected chi connectivity index (χ4v) is 3.99. The zero-order chi connectivity index (χ0) is 21.3. The predicted octanol–water partition coefficient (Wildman–Crippen LogP) is 5.34. The maximum absolute atomic E-state index is 12.5. The largest absolute Gasteiger partial charge is 0.505 e. The first-order valence-electron chi connectivity index (χ1n) is 8.15. The third-order valence-electron chi connectivity index (χ3n) is 3.97. The van der Waals surface area contributed by atoms with Crippen LogP contribution >= 0.6 is 46.6 Å². The Morgan fingerprint density at radius 2 is 1.79 bits per heavy atom. The number of benzene rings is 2. The normalized spacial score (nSPS) is 15.3. The first kappa shape index (κ1) is 21.5. The number of nitrogens with zero attached hydrogens (tertiary/aromatic N) is 1. The molecule has 2 N–H and O–H groups in total. The third kappa shape index (κ3) is 4.87. The summed E-state index contributed by atoms with van der Waals surface area (Å²) in [6.45, 7) is 1.39. The van der Waals surface area contributed by atoms with Crippen LogP contribution in [-0.2, 0) is 9.59 Å². The van der Waals surface area contributed by atoms with Crippen molar-refractivity contribution in [2.24, 2.45) is 0 Å². The van der Waals surface area contributed by atoms with Crippen molar-refractivity contribution in [1.82, 2.24) is 4.90 Å². The van der Waals surface area contributed by atoms with Crippen LogP contribution in [0.2, 0.25) is 15.1 Å². The van der Waals surface area contributed by atoms with Gasteiger partial charge in [-0.3, -0.25) is 19.3 Å². The Kier molecular flexibility index (Phi) is 6.43. The van der Waals surface area contributed by atoms with E-state index in [-0.39, 0.29) is 20.7 Å². The average molecular weight is 472 g/mol. The van der Waals surface area contributed by atoms with E-state index >= 15 is 0 Å². The van der Waals surface area contributed by atoms with Gasteiger partial charge in [0, 0.05) is 10.7 Å². The van der Waals surface area contributed by atoms with E-state index in [0.29, 0.717) is 28.0 Å². The molecular formula is C19H13Cl3N2O4S. The fraction of sp³-hybridized carbons (Fsp3) is 0.105. The molecule has 0 aliphatic carbocycles. The van der Waals surface area contributed by atoms with E-state index in [1.807, 2.05) is 6.92 Å². The van der Waals surface area contributed by atoms with E-state index < -0.39 is 23.6 Å². The molecule has 150 valence electrons. The Balaban J connectivity index is 1.73. The predicted molar refractivity (Wildman–Crippen MR) is 116 cm³/mol. The van der Waals surface area contributed by atoms with Gasteiger partial charge in [-0.2, -0.15) is 0 Å². The number of rotatable bonds is 4. The lowest BCUT2D eigenvalue weighted by Gasteiger charge is -2.13. The van der Waals surface area contributed by atoms with Crippen LogP contribution in [0.4, 0.5) is 10.5 Å². The van der Waals surface area contributed by atoms with E-state index in [4.69, 9.17) is 34.8 Å². The van der Waals surface area contributed by atoms with Crippen molar-refractivity contribution < 1.29 is 19.5 Å². The summed E-state index contributed by atoms with van der Waals surface area (Å²) in [5.74, 6) is -1.42. The van der Waals surface area contributed by atoms with Crippen molar-refractivity contribution in [1.29, 1.82) is 0 Å². The summed E-state index contributed by atoms with van der Waals surface area (Å²) >= 11 is 18.5. The van der Waals surface area contributed by atoms with Crippen molar-refractivity contribution in [2.75, 3.05) is 11.9 Å². The quantitative estimate of drug-likeness (QED) is 0.588. The number of hydrogen-bond donors (Lipinski definition) is 2. The number of halogens is 3. The highest BCUT2D eigenvalue weighted by atomic mass is 35.5. The minimum atomic E-state index is -0.614. The number of carbonyl (C=O) groups is 3. The van der Waals surface area contributed by atoms with Gasteiger partial charge >= 0.3 is 0 Å². The Morgan fingerprint density at radius 3 is 2.41 bits per heavy atom. The van der Waals surface area contributed by atoms with E-state index in [1.54, 1.807) is 18.2 Å². The minimum absolute atomic E-state index is 0.0131. The molecule has 0 radical (unpaired) electrons. The highest BCUT2D eigenvalue weighted by molar-refractivity contribution is 8.18. The van der Waals surface area contributed by atoms with E-state index in [1.165, 1.54) is 18.2 Å². The molecule has 0 atom stereocenters. The van der Waals surface area contributed by atoms with Crippen LogP contribution in [0.3, 0.4) is 0 Å². The number of aromatic hydroxyl groups is 1. The summed E-state index contributed by atoms with van der Waals surface area (Å²) in [5, 5.41) is 12.2. The first-order chi connectivity index (χ1) is 13.7. The Bertz CT molecular complexity index is 1050. The molecule has 0 unspecified atom stereocenters. The first-order valence-corrected chi connectivity index (χ1v) is 10.1. The van der Waals surface area contributed by atoms with Crippen LogP contribution in [-0.4, -0.2) is 33.6 Å². The molecule has 2 aromatic carbocycles. The lowest BCUT2D eigenvalue weighted by atomic mass is 10.2. The number of phenolic OH excluding ortho intramolecular Hbond substituents is 1. The van der Waals surface area contributed by atoms with Crippen LogP contribution in [0.25, 0.3) is 6.08 Å². The second-order valence-electron chi connectivity index (χ2n) is 6.11. The van der Waals surface area contributed by atoms with Gasteiger partial charge < -0.3 is 10.4 Å². The molecule has 29 heavy (non-hydrogen) atoms. The topological polar surface area (TPSA) is 86.7 Å². The highest BCUT2D eigenvalue weighted by Crippen LogP contribution is 2.36. The molecule has 0 spiro atoms. The number of imide groups is 1. The zero-order valence-electron chi connectivity index (χ0n) is 14.8. The standard InChI is InChI=1S/C19H13Cl3N2O4S/c1-9-2-3-11(7-12(9)20)23-16(25)8-24-18(27)15(29-19(24)28)6-10-4-13(21)17(26)14(22)5-10/h2-7,26H,8H2,1H3,(H,23,25)/b15-6-. The minimum Gasteiger partial charge on any atom is -0.505 e. The average Bonchev–Trinajstić information content (AvgIpc) is 2.90. The second-order valence-corrected chi connectivity index (χ2v) is 8.33. The molecule has 2 aromatic rings. The number of carbonyl (C=O) groups excluding carboxylic acids is 3. The number of thioether (sulfide) groups is 1. The molecule has 1 saturated heterocycles. The van der Waals surface area contributed by atoms with Crippen molar-refractivity contribution in [3.05, 3.63) is 61.4 Å². The number of phenols is 1. The third-order valence-corrected chi connectivity index (χ3v) is 5.86. The molecule has 1 fully saturated rings. The van der Waals surface area contributed by atoms with E-state index in [9.17, 15) is 19.5 Å². The molecular weight excluding hydrogens is 459 g/mol. The highest BCUT2D eigenvalue weighted by Gasteiger charge is 2.36. The van der Waals surface area contributed by atoms with Gasteiger partial charge in [0.05, 0.1) is 15.0 Å². The summed E-state index contributed by atoms with van der Waals surface area (Å²) in [6, 6.07) is 7.82. The van der Waals surface area contributed by atoms with Crippen molar-refractivity contribution >= 4 is 75.4 Å². The number of aryl methyl sites for hydroxylation is 1. The van der Waals surface area contributed by atoms with E-state index in [2.05, 4.69) is 5.32 Å². The Labute approximate surface area is 185 Å². The zero-order valence-corrected chi connectivity index (χ0v) is 17.9. The van der Waals surface area contributed by atoms with Gasteiger partial charge in [0.2, 0.25) is 5.91 Å². The summed E-state index contributed by atoms with van der Waals surface area (Å²) in [4.78, 5) is 37.9. The molecule has 3 rings (SSSR count). The maximum atomic E-state index is 12.5. The van der Waals surface area contributed by atoms with Crippen LogP contribution in [0.15, 0.2) is 35.2 Å². The van der Waals surface area contributed by atoms with Crippen molar-refractivity contribution in [3.8, 4) is 5.75 Å². The molecule has 6 nitrogen and oxygen atoms in total. The van der Waals surface area contributed by atoms with Gasteiger partial charge in [0.1, 0.15) is 6.54 Å². The van der Waals surface area contributed by atoms with Crippen LogP contribution < -0.4 is 5.32 Å². The van der Waals surface area contributed by atoms with Crippen molar-refractivity contribution in [2.45, 2.75) is 6.92 Å². The summed E-state index contributed by atoms with van der Waals surface area (Å²) in [7, 11) is 0. The molecule has 1 aliphatic rings. The molecule has 1 aliphatic heterocycles. The summed E-state index contributed by atoms with van der Waals surface area (Å²) in [5.41, 5.74) is 1.75. The summed E-state index contributed by atoms with van der Waals surface area (Å²) < 4.78 is 0. The van der Waals surface area contributed by atoms with Gasteiger partial charge in [-0.05, 0) is 60.2 Å². The number of hydrogen-bond acceptors (Lipinski definition) is 5. The Morgan fingerprint density at radius 1 is 1.14 bits per heavy atom. The van der Waals surface area contributed by atoms with Gasteiger partial charge in [0.15, 0.2) is 5.75 Å². The molecule has 0 aromatic heterocycles. The summed E-state index contributed by atoms with van der Waals surface area (Å²) in [6.07, 6.45) is 1.42. The van der Waals surface area contributed by atoms with Crippen LogP contribution in [0.5, 0.6) is 5.75 Å². The molecule has 10 heteroatoms. The van der Waals surface area contributed by atoms with E-state index in [0.717, 1.165) is 10.5 Å². The lowest BCUT2D eigenvalue weighted by Crippen LogP contribution is -2.36. The monoisotopic (exact) mass is 470 g/mol. The maximum Gasteiger partial charge on any atom is 0.294 e. The van der Waals surface area contributed by atoms with Gasteiger partial charge in [-0.15, -0.1) is 0 Å². The molecule has 3 amide bonds. The SMILES string of the molecule is Cc1ccc(NC(=O)CN2C(=O)S/C(=C\c3cc(Cl)c(O)c(Cl)c3)C2=O)cc1Cl. The van der Waals surface area contributed by atoms with Crippen LogP contribution in [0.1, 0.15) is 11.1 Å². The van der Waals surface area contributed by atoms with Gasteiger partial charge in [0.25, 0.3) is 11.1 Å². The lowest BCUT2D eigenvalue weighted by molar-refractivity contribution is -0.127. The number of nitrogens with one attached hydrogen (secondary N) is 1. The molecule has 1 heterocycles. The molecule has 0 bridgehead atoms. The fourth-order valence-electron chi connectivity index (χ4n) is 2.47. The Hall–Kier alpha value is -2.19. The molecule has 0 saturated carbocycles. The number of anilines is 1. The van der Waals surface area contributed by atoms with Crippen LogP contribution in [0, 0.1) is 6.92 Å².